The molecule has 0 radical (unpaired) electrons. The lowest BCUT2D eigenvalue weighted by atomic mass is 10.1. The van der Waals surface area contributed by atoms with Gasteiger partial charge in [-0.05, 0) is 53.6 Å². The average Bonchev–Trinajstić information content (AvgIpc) is 2.99. The number of aromatic nitrogens is 2. The number of ether oxygens (including phenoxy) is 2. The van der Waals surface area contributed by atoms with Crippen molar-refractivity contribution in [3.05, 3.63) is 128 Å². The minimum atomic E-state index is -4.59. The maximum Gasteiger partial charge on any atom is 0.416 e. The SMILES string of the molecule is COc1cc(C=Nn2c(-c3cccc(C(F)(F)F)c3)nc3ccccc3c2=O)ccc1OCc1cccc([N+](=O)[O-])c1. The van der Waals surface area contributed by atoms with E-state index in [-0.39, 0.29) is 29.1 Å². The van der Waals surface area contributed by atoms with E-state index in [0.29, 0.717) is 28.1 Å². The van der Waals surface area contributed by atoms with Gasteiger partial charge in [0, 0.05) is 17.7 Å². The second-order valence-corrected chi connectivity index (χ2v) is 9.02. The molecule has 0 unspecified atom stereocenters. The quantitative estimate of drug-likeness (QED) is 0.120. The maximum atomic E-state index is 13.4. The fourth-order valence-corrected chi connectivity index (χ4v) is 4.18. The summed E-state index contributed by atoms with van der Waals surface area (Å²) in [4.78, 5) is 28.4. The first kappa shape index (κ1) is 28.0. The van der Waals surface area contributed by atoms with Crippen molar-refractivity contribution in [2.24, 2.45) is 5.10 Å². The van der Waals surface area contributed by atoms with Crippen molar-refractivity contribution in [1.29, 1.82) is 0 Å². The summed E-state index contributed by atoms with van der Waals surface area (Å²) in [7, 11) is 1.43. The van der Waals surface area contributed by atoms with E-state index in [2.05, 4.69) is 10.1 Å². The summed E-state index contributed by atoms with van der Waals surface area (Å²) < 4.78 is 52.5. The standard InChI is InChI=1S/C30H21F3N4O5/c1-41-27-15-19(12-13-26(27)42-18-20-6-4-9-23(14-20)37(39)40)17-34-36-28(21-7-5-8-22(16-21)30(31,32)33)35-25-11-3-2-10-24(25)29(36)38/h2-17H,18H2,1H3. The van der Waals surface area contributed by atoms with Crippen LogP contribution in [0.1, 0.15) is 16.7 Å². The van der Waals surface area contributed by atoms with Gasteiger partial charge in [0.1, 0.15) is 6.61 Å². The number of benzene rings is 4. The highest BCUT2D eigenvalue weighted by atomic mass is 19.4. The van der Waals surface area contributed by atoms with Gasteiger partial charge < -0.3 is 9.47 Å². The topological polar surface area (TPSA) is 109 Å². The van der Waals surface area contributed by atoms with Crippen LogP contribution >= 0.6 is 0 Å². The van der Waals surface area contributed by atoms with E-state index < -0.39 is 22.2 Å². The number of nitro groups is 1. The van der Waals surface area contributed by atoms with Crippen LogP contribution in [0.4, 0.5) is 18.9 Å². The van der Waals surface area contributed by atoms with E-state index in [1.807, 2.05) is 0 Å². The number of para-hydroxylation sites is 1. The van der Waals surface area contributed by atoms with Crippen LogP contribution in [0, 0.1) is 10.1 Å². The van der Waals surface area contributed by atoms with Crippen LogP contribution in [0.2, 0.25) is 0 Å². The Labute approximate surface area is 236 Å². The zero-order chi connectivity index (χ0) is 29.9. The predicted octanol–water partition coefficient (Wildman–Crippen LogP) is 6.46. The molecule has 0 bridgehead atoms. The monoisotopic (exact) mass is 574 g/mol. The van der Waals surface area contributed by atoms with E-state index in [0.717, 1.165) is 16.8 Å². The van der Waals surface area contributed by atoms with E-state index >= 15 is 0 Å². The summed E-state index contributed by atoms with van der Waals surface area (Å²) in [5, 5.41) is 15.6. The third-order valence-electron chi connectivity index (χ3n) is 6.23. The Morgan fingerprint density at radius 3 is 2.52 bits per heavy atom. The number of hydrogen-bond donors (Lipinski definition) is 0. The highest BCUT2D eigenvalue weighted by molar-refractivity contribution is 5.82. The molecular weight excluding hydrogens is 553 g/mol. The molecule has 0 atom stereocenters. The van der Waals surface area contributed by atoms with E-state index in [9.17, 15) is 28.1 Å². The summed E-state index contributed by atoms with van der Waals surface area (Å²) in [6.45, 7) is 0.0456. The molecule has 0 spiro atoms. The molecule has 1 aromatic heterocycles. The van der Waals surface area contributed by atoms with Crippen LogP contribution in [0.25, 0.3) is 22.3 Å². The molecule has 0 saturated carbocycles. The van der Waals surface area contributed by atoms with Gasteiger partial charge in [-0.1, -0.05) is 36.4 Å². The molecule has 1 heterocycles. The largest absolute Gasteiger partial charge is 0.493 e. The van der Waals surface area contributed by atoms with Gasteiger partial charge in [-0.15, -0.1) is 0 Å². The zero-order valence-electron chi connectivity index (χ0n) is 21.9. The van der Waals surface area contributed by atoms with Crippen molar-refractivity contribution in [3.8, 4) is 22.9 Å². The number of hydrogen-bond acceptors (Lipinski definition) is 7. The Morgan fingerprint density at radius 1 is 0.976 bits per heavy atom. The van der Waals surface area contributed by atoms with Crippen molar-refractivity contribution in [2.45, 2.75) is 12.8 Å². The van der Waals surface area contributed by atoms with Gasteiger partial charge in [-0.3, -0.25) is 14.9 Å². The highest BCUT2D eigenvalue weighted by Gasteiger charge is 2.31. The average molecular weight is 575 g/mol. The van der Waals surface area contributed by atoms with Gasteiger partial charge in [-0.2, -0.15) is 22.9 Å². The van der Waals surface area contributed by atoms with Crippen LogP contribution in [-0.2, 0) is 12.8 Å². The Balaban J connectivity index is 1.49. The van der Waals surface area contributed by atoms with Crippen molar-refractivity contribution in [1.82, 2.24) is 9.66 Å². The second kappa shape index (κ2) is 11.5. The molecule has 5 aromatic rings. The van der Waals surface area contributed by atoms with Crippen LogP contribution < -0.4 is 15.0 Å². The molecule has 0 N–H and O–H groups in total. The summed E-state index contributed by atoms with van der Waals surface area (Å²) in [5.41, 5.74) is -0.0542. The molecule has 0 saturated heterocycles. The van der Waals surface area contributed by atoms with Crippen molar-refractivity contribution >= 4 is 22.8 Å². The first-order valence-electron chi connectivity index (χ1n) is 12.4. The second-order valence-electron chi connectivity index (χ2n) is 9.02. The van der Waals surface area contributed by atoms with Crippen LogP contribution in [0.3, 0.4) is 0 Å². The van der Waals surface area contributed by atoms with Gasteiger partial charge in [0.15, 0.2) is 17.3 Å². The summed E-state index contributed by atoms with van der Waals surface area (Å²) in [5.74, 6) is 0.617. The van der Waals surface area contributed by atoms with E-state index in [4.69, 9.17) is 9.47 Å². The maximum absolute atomic E-state index is 13.4. The van der Waals surface area contributed by atoms with Crippen molar-refractivity contribution in [2.75, 3.05) is 7.11 Å². The minimum absolute atomic E-state index is 0.0456. The molecule has 0 aliphatic carbocycles. The number of rotatable bonds is 8. The van der Waals surface area contributed by atoms with E-state index in [1.54, 1.807) is 54.6 Å². The Morgan fingerprint density at radius 2 is 1.76 bits per heavy atom. The lowest BCUT2D eigenvalue weighted by Gasteiger charge is -2.12. The molecule has 5 rings (SSSR count). The third-order valence-corrected chi connectivity index (χ3v) is 6.23. The first-order valence-corrected chi connectivity index (χ1v) is 12.4. The lowest BCUT2D eigenvalue weighted by molar-refractivity contribution is -0.384. The Kier molecular flexibility index (Phi) is 7.69. The van der Waals surface area contributed by atoms with Crippen LogP contribution in [0.5, 0.6) is 11.5 Å². The molecular formula is C30H21F3N4O5. The fraction of sp³-hybridized carbons (Fsp3) is 0.100. The third kappa shape index (κ3) is 5.97. The van der Waals surface area contributed by atoms with Crippen molar-refractivity contribution < 1.29 is 27.6 Å². The minimum Gasteiger partial charge on any atom is -0.493 e. The number of non-ortho nitro benzene ring substituents is 1. The molecule has 9 nitrogen and oxygen atoms in total. The molecule has 0 aliphatic rings. The van der Waals surface area contributed by atoms with Gasteiger partial charge in [0.05, 0.1) is 34.7 Å². The molecule has 42 heavy (non-hydrogen) atoms. The molecule has 0 amide bonds. The molecule has 0 fully saturated rings. The van der Waals surface area contributed by atoms with Gasteiger partial charge in [0.2, 0.25) is 0 Å². The Hall–Kier alpha value is -5.52. The highest BCUT2D eigenvalue weighted by Crippen LogP contribution is 2.32. The summed E-state index contributed by atoms with van der Waals surface area (Å²) in [6.07, 6.45) is -3.24. The van der Waals surface area contributed by atoms with Crippen LogP contribution in [-0.4, -0.2) is 27.9 Å². The molecule has 12 heteroatoms. The van der Waals surface area contributed by atoms with Crippen LogP contribution in [0.15, 0.2) is 101 Å². The first-order chi connectivity index (χ1) is 20.1. The Bertz CT molecular complexity index is 1890. The van der Waals surface area contributed by atoms with E-state index in [1.165, 1.54) is 37.6 Å². The van der Waals surface area contributed by atoms with Gasteiger partial charge in [-0.25, -0.2) is 4.98 Å². The number of nitrogens with zero attached hydrogens (tertiary/aromatic N) is 4. The zero-order valence-corrected chi connectivity index (χ0v) is 21.9. The number of fused-ring (bicyclic) bond motifs is 1. The smallest absolute Gasteiger partial charge is 0.416 e. The predicted molar refractivity (Wildman–Crippen MR) is 150 cm³/mol. The summed E-state index contributed by atoms with van der Waals surface area (Å²) in [6, 6.07) is 21.9. The number of nitro benzene ring substituents is 1. The number of methoxy groups -OCH3 is 1. The summed E-state index contributed by atoms with van der Waals surface area (Å²) >= 11 is 0. The van der Waals surface area contributed by atoms with Gasteiger partial charge in [0.25, 0.3) is 11.2 Å². The molecule has 4 aromatic carbocycles. The van der Waals surface area contributed by atoms with Crippen molar-refractivity contribution in [3.63, 3.8) is 0 Å². The number of halogens is 3. The normalized spacial score (nSPS) is 11.6. The fourth-order valence-electron chi connectivity index (χ4n) is 4.18. The number of alkyl halides is 3. The van der Waals surface area contributed by atoms with Gasteiger partial charge >= 0.3 is 6.18 Å². The molecule has 212 valence electrons. The molecule has 0 aliphatic heterocycles. The lowest BCUT2D eigenvalue weighted by Crippen LogP contribution is -2.20.